The molecule has 0 heterocycles. The summed E-state index contributed by atoms with van der Waals surface area (Å²) in [5.74, 6) is 1.48. The van der Waals surface area contributed by atoms with E-state index >= 15 is 0 Å². The highest BCUT2D eigenvalue weighted by Crippen LogP contribution is 2.61. The average molecular weight is 931 g/mol. The lowest BCUT2D eigenvalue weighted by molar-refractivity contribution is 0.414. The molecule has 4 heteroatoms. The van der Waals surface area contributed by atoms with E-state index in [1.807, 2.05) is 24.3 Å². The van der Waals surface area contributed by atoms with Crippen molar-refractivity contribution in [3.8, 4) is 11.5 Å². The van der Waals surface area contributed by atoms with Crippen molar-refractivity contribution in [1.82, 2.24) is 0 Å². The maximum absolute atomic E-state index is 5.59. The van der Waals surface area contributed by atoms with Gasteiger partial charge in [0, 0.05) is 40.0 Å². The Balaban J connectivity index is 1.17. The van der Waals surface area contributed by atoms with E-state index in [4.69, 9.17) is 9.47 Å². The predicted octanol–water partition coefficient (Wildman–Crippen LogP) is 17.4. The van der Waals surface area contributed by atoms with Crippen molar-refractivity contribution in [2.45, 2.75) is 11.3 Å². The second kappa shape index (κ2) is 20.5. The number of benzene rings is 10. The molecule has 0 N–H and O–H groups in total. The predicted molar refractivity (Wildman–Crippen MR) is 299 cm³/mol. The highest BCUT2D eigenvalue weighted by atomic mass is 16.5. The first-order valence-corrected chi connectivity index (χ1v) is 24.5. The third-order valence-electron chi connectivity index (χ3n) is 13.9. The Labute approximate surface area is 423 Å². The van der Waals surface area contributed by atoms with Crippen molar-refractivity contribution in [1.29, 1.82) is 0 Å². The summed E-state index contributed by atoms with van der Waals surface area (Å²) in [4.78, 5) is 4.61. The van der Waals surface area contributed by atoms with Gasteiger partial charge < -0.3 is 19.3 Å². The fourth-order valence-corrected chi connectivity index (χ4v) is 10.7. The minimum absolute atomic E-state index is 0.156. The lowest BCUT2D eigenvalue weighted by Crippen LogP contribution is -2.39. The van der Waals surface area contributed by atoms with E-state index in [9.17, 15) is 0 Å². The quantitative estimate of drug-likeness (QED) is 0.108. The summed E-state index contributed by atoms with van der Waals surface area (Å²) in [6.07, 6.45) is 2.56. The molecular weight excluding hydrogens is 877 g/mol. The van der Waals surface area contributed by atoms with Crippen molar-refractivity contribution in [2.24, 2.45) is 0 Å². The minimum Gasteiger partial charge on any atom is -0.497 e. The SMILES string of the molecule is COc1ccc(N(c2ccccc2)c2ccc(C3=CC(c4ccccc4)C(c4ccccc4)(c4ccc(N(c5ccccc5)c5ccc(OC)cc5)cc4)C(c4ccccc4)=C3c3ccccc3)cc2)cc1. The highest BCUT2D eigenvalue weighted by molar-refractivity contribution is 6.19. The van der Waals surface area contributed by atoms with Gasteiger partial charge in [-0.25, -0.2) is 0 Å². The van der Waals surface area contributed by atoms with Crippen LogP contribution < -0.4 is 19.3 Å². The number of hydrogen-bond donors (Lipinski definition) is 0. The molecule has 11 rings (SSSR count). The largest absolute Gasteiger partial charge is 0.497 e. The van der Waals surface area contributed by atoms with Crippen LogP contribution in [0.4, 0.5) is 34.1 Å². The van der Waals surface area contributed by atoms with Crippen LogP contribution in [-0.4, -0.2) is 14.2 Å². The normalized spacial score (nSPS) is 15.3. The molecule has 10 aromatic rings. The molecule has 4 nitrogen and oxygen atoms in total. The van der Waals surface area contributed by atoms with Gasteiger partial charge in [-0.3, -0.25) is 0 Å². The molecule has 1 aliphatic rings. The van der Waals surface area contributed by atoms with Crippen LogP contribution in [0.1, 0.15) is 39.3 Å². The van der Waals surface area contributed by atoms with Crippen LogP contribution >= 0.6 is 0 Å². The molecule has 0 aliphatic heterocycles. The van der Waals surface area contributed by atoms with Crippen molar-refractivity contribution < 1.29 is 9.47 Å². The van der Waals surface area contributed by atoms with Crippen LogP contribution in [-0.2, 0) is 5.41 Å². The lowest BCUT2D eigenvalue weighted by atomic mass is 9.54. The van der Waals surface area contributed by atoms with Gasteiger partial charge >= 0.3 is 0 Å². The van der Waals surface area contributed by atoms with E-state index in [2.05, 4.69) is 271 Å². The number of ether oxygens (including phenoxy) is 2. The van der Waals surface area contributed by atoms with Gasteiger partial charge in [-0.1, -0.05) is 188 Å². The van der Waals surface area contributed by atoms with Crippen molar-refractivity contribution in [3.05, 3.63) is 319 Å². The number of allylic oxidation sites excluding steroid dienone is 4. The van der Waals surface area contributed by atoms with Crippen molar-refractivity contribution in [2.75, 3.05) is 24.0 Å². The molecule has 0 amide bonds. The van der Waals surface area contributed by atoms with E-state index in [1.165, 1.54) is 33.4 Å². The number of nitrogens with zero attached hydrogens (tertiary/aromatic N) is 2. The first kappa shape index (κ1) is 45.3. The molecule has 2 atom stereocenters. The average Bonchev–Trinajstić information content (AvgIpc) is 3.47. The summed E-state index contributed by atoms with van der Waals surface area (Å²) >= 11 is 0. The maximum atomic E-state index is 5.59. The van der Waals surface area contributed by atoms with Crippen LogP contribution in [0.5, 0.6) is 11.5 Å². The fraction of sp³-hybridized carbons (Fsp3) is 0.0588. The van der Waals surface area contributed by atoms with Gasteiger partial charge in [0.05, 0.1) is 19.6 Å². The van der Waals surface area contributed by atoms with Crippen LogP contribution in [0.15, 0.2) is 285 Å². The van der Waals surface area contributed by atoms with Crippen molar-refractivity contribution in [3.63, 3.8) is 0 Å². The second-order valence-corrected chi connectivity index (χ2v) is 18.0. The molecule has 0 radical (unpaired) electrons. The van der Waals surface area contributed by atoms with Crippen LogP contribution in [0.25, 0.3) is 16.7 Å². The number of hydrogen-bond acceptors (Lipinski definition) is 4. The van der Waals surface area contributed by atoms with Gasteiger partial charge in [-0.15, -0.1) is 0 Å². The zero-order chi connectivity index (χ0) is 48.7. The molecule has 0 saturated heterocycles. The molecule has 10 aromatic carbocycles. The summed E-state index contributed by atoms with van der Waals surface area (Å²) in [7, 11) is 3.41. The smallest absolute Gasteiger partial charge is 0.119 e. The van der Waals surface area contributed by atoms with E-state index < -0.39 is 5.41 Å². The Kier molecular flexibility index (Phi) is 12.9. The maximum Gasteiger partial charge on any atom is 0.119 e. The Morgan fingerprint density at radius 1 is 0.319 bits per heavy atom. The third kappa shape index (κ3) is 8.65. The van der Waals surface area contributed by atoms with E-state index in [0.717, 1.165) is 62.3 Å². The summed E-state index contributed by atoms with van der Waals surface area (Å²) < 4.78 is 11.1. The van der Waals surface area contributed by atoms with Crippen molar-refractivity contribution >= 4 is 50.8 Å². The number of para-hydroxylation sites is 2. The topological polar surface area (TPSA) is 24.9 Å². The second-order valence-electron chi connectivity index (χ2n) is 18.0. The summed E-state index contributed by atoms with van der Waals surface area (Å²) in [6, 6.07) is 100. The highest BCUT2D eigenvalue weighted by Gasteiger charge is 2.50. The van der Waals surface area contributed by atoms with E-state index in [-0.39, 0.29) is 5.92 Å². The number of methoxy groups -OCH3 is 2. The van der Waals surface area contributed by atoms with Gasteiger partial charge in [0.25, 0.3) is 0 Å². The molecule has 0 aromatic heterocycles. The molecule has 0 bridgehead atoms. The Bertz CT molecular complexity index is 3420. The van der Waals surface area contributed by atoms with E-state index in [0.29, 0.717) is 0 Å². The number of anilines is 6. The van der Waals surface area contributed by atoms with Crippen LogP contribution in [0.3, 0.4) is 0 Å². The molecule has 0 saturated carbocycles. The Morgan fingerprint density at radius 2 is 0.667 bits per heavy atom. The molecule has 1 aliphatic carbocycles. The van der Waals surface area contributed by atoms with Gasteiger partial charge in [-0.2, -0.15) is 0 Å². The van der Waals surface area contributed by atoms with Crippen LogP contribution in [0, 0.1) is 0 Å². The van der Waals surface area contributed by atoms with Gasteiger partial charge in [-0.05, 0) is 147 Å². The lowest BCUT2D eigenvalue weighted by Gasteiger charge is -2.48. The summed E-state index contributed by atoms with van der Waals surface area (Å²) in [5.41, 5.74) is 16.2. The monoisotopic (exact) mass is 930 g/mol. The Morgan fingerprint density at radius 3 is 1.11 bits per heavy atom. The van der Waals surface area contributed by atoms with Gasteiger partial charge in [0.1, 0.15) is 11.5 Å². The standard InChI is InChI=1S/C68H54N2O2/c1-71-62-45-41-60(42-46-62)69(56-29-17-7-18-30-56)58-37-33-50(34-38-58)64-49-65(51-21-9-3-10-22-51)68(54-27-15-6-16-28-54,67(53-25-13-5-14-26-53)66(64)52-23-11-4-12-24-52)55-35-39-59(40-36-55)70(57-31-19-8-20-32-57)61-43-47-63(72-2)48-44-61/h3-49,65H,1-2H3. The number of rotatable bonds is 14. The third-order valence-corrected chi connectivity index (χ3v) is 13.9. The van der Waals surface area contributed by atoms with Crippen LogP contribution in [0.2, 0.25) is 0 Å². The first-order valence-electron chi connectivity index (χ1n) is 24.5. The zero-order valence-corrected chi connectivity index (χ0v) is 40.4. The molecule has 72 heavy (non-hydrogen) atoms. The molecule has 0 fully saturated rings. The summed E-state index contributed by atoms with van der Waals surface area (Å²) in [6.45, 7) is 0. The molecule has 348 valence electrons. The zero-order valence-electron chi connectivity index (χ0n) is 40.4. The molecule has 0 spiro atoms. The molecular formula is C68H54N2O2. The first-order chi connectivity index (χ1) is 35.6. The Hall–Kier alpha value is -9.12. The van der Waals surface area contributed by atoms with E-state index in [1.54, 1.807) is 14.2 Å². The van der Waals surface area contributed by atoms with Gasteiger partial charge in [0.2, 0.25) is 0 Å². The molecule has 2 unspecified atom stereocenters. The minimum atomic E-state index is -0.729. The summed E-state index contributed by atoms with van der Waals surface area (Å²) in [5, 5.41) is 0. The van der Waals surface area contributed by atoms with Gasteiger partial charge in [0.15, 0.2) is 0 Å². The fourth-order valence-electron chi connectivity index (χ4n) is 10.7.